The fraction of sp³-hybridized carbons (Fsp3) is 0.571. The summed E-state index contributed by atoms with van der Waals surface area (Å²) in [7, 11) is 0. The molecular weight excluding hydrogens is 276 g/mol. The summed E-state index contributed by atoms with van der Waals surface area (Å²) in [4.78, 5) is 26.4. The number of hydrogen-bond acceptors (Lipinski definition) is 4. The Morgan fingerprint density at radius 1 is 1.55 bits per heavy atom. The van der Waals surface area contributed by atoms with Gasteiger partial charge in [-0.15, -0.1) is 11.3 Å². The molecule has 0 spiro atoms. The van der Waals surface area contributed by atoms with Gasteiger partial charge < -0.3 is 15.3 Å². The Balaban J connectivity index is 1.90. The van der Waals surface area contributed by atoms with Gasteiger partial charge in [-0.3, -0.25) is 9.59 Å². The summed E-state index contributed by atoms with van der Waals surface area (Å²) in [6, 6.07) is 2.95. The van der Waals surface area contributed by atoms with Crippen molar-refractivity contribution < 1.29 is 14.7 Å². The number of piperidine rings is 1. The van der Waals surface area contributed by atoms with Crippen LogP contribution in [0.3, 0.4) is 0 Å². The molecule has 1 aromatic rings. The molecule has 110 valence electrons. The molecule has 0 aromatic carbocycles. The Hall–Kier alpha value is -1.40. The lowest BCUT2D eigenvalue weighted by Gasteiger charge is -2.35. The number of carbonyl (C=O) groups excluding carboxylic acids is 2. The first-order chi connectivity index (χ1) is 9.49. The van der Waals surface area contributed by atoms with Gasteiger partial charge in [0.1, 0.15) is 6.04 Å². The monoisotopic (exact) mass is 296 g/mol. The summed E-state index contributed by atoms with van der Waals surface area (Å²) in [5, 5.41) is 14.4. The minimum atomic E-state index is -0.579. The van der Waals surface area contributed by atoms with Gasteiger partial charge in [0.05, 0.1) is 11.0 Å². The van der Waals surface area contributed by atoms with Gasteiger partial charge in [-0.1, -0.05) is 13.0 Å². The maximum atomic E-state index is 12.3. The molecule has 6 heteroatoms. The van der Waals surface area contributed by atoms with Gasteiger partial charge in [0, 0.05) is 13.1 Å². The molecule has 2 heterocycles. The third-order valence-corrected chi connectivity index (χ3v) is 4.56. The lowest BCUT2D eigenvalue weighted by molar-refractivity contribution is -0.137. The van der Waals surface area contributed by atoms with Crippen molar-refractivity contribution in [1.29, 1.82) is 0 Å². The Bertz CT molecular complexity index is 475. The lowest BCUT2D eigenvalue weighted by Crippen LogP contribution is -2.52. The maximum absolute atomic E-state index is 12.3. The minimum Gasteiger partial charge on any atom is -0.391 e. The number of amides is 2. The first-order valence-corrected chi connectivity index (χ1v) is 7.68. The first kappa shape index (κ1) is 15.0. The van der Waals surface area contributed by atoms with Crippen LogP contribution in [0.25, 0.3) is 0 Å². The third-order valence-electron chi connectivity index (χ3n) is 3.69. The number of rotatable bonds is 3. The van der Waals surface area contributed by atoms with Crippen LogP contribution in [0.1, 0.15) is 29.9 Å². The van der Waals surface area contributed by atoms with E-state index in [2.05, 4.69) is 5.32 Å². The summed E-state index contributed by atoms with van der Waals surface area (Å²) >= 11 is 1.34. The highest BCUT2D eigenvalue weighted by molar-refractivity contribution is 7.12. The highest BCUT2D eigenvalue weighted by Gasteiger charge is 2.30. The number of thiophene rings is 1. The van der Waals surface area contributed by atoms with Gasteiger partial charge in [0.15, 0.2) is 0 Å². The molecule has 2 rings (SSSR count). The molecule has 1 aromatic heterocycles. The Kier molecular flexibility index (Phi) is 4.77. The van der Waals surface area contributed by atoms with Crippen molar-refractivity contribution in [2.75, 3.05) is 13.1 Å². The molecule has 0 radical (unpaired) electrons. The SMILES string of the molecule is CC(NC(=O)c1cccs1)C(=O)N1CCC(C)C(O)C1. The van der Waals surface area contributed by atoms with Crippen LogP contribution in [0.2, 0.25) is 0 Å². The van der Waals surface area contributed by atoms with Crippen molar-refractivity contribution in [2.45, 2.75) is 32.4 Å². The molecule has 1 aliphatic rings. The molecule has 5 nitrogen and oxygen atoms in total. The van der Waals surface area contributed by atoms with Gasteiger partial charge in [-0.25, -0.2) is 0 Å². The molecule has 0 aliphatic carbocycles. The fourth-order valence-corrected chi connectivity index (χ4v) is 2.89. The number of nitrogens with zero attached hydrogens (tertiary/aromatic N) is 1. The smallest absolute Gasteiger partial charge is 0.261 e. The predicted octanol–water partition coefficient (Wildman–Crippen LogP) is 1.10. The Morgan fingerprint density at radius 2 is 2.30 bits per heavy atom. The Labute approximate surface area is 122 Å². The van der Waals surface area contributed by atoms with Gasteiger partial charge >= 0.3 is 0 Å². The maximum Gasteiger partial charge on any atom is 0.261 e. The average Bonchev–Trinajstić information content (AvgIpc) is 2.95. The van der Waals surface area contributed by atoms with Crippen LogP contribution in [0.15, 0.2) is 17.5 Å². The van der Waals surface area contributed by atoms with Gasteiger partial charge in [-0.2, -0.15) is 0 Å². The normalized spacial score (nSPS) is 24.2. The summed E-state index contributed by atoms with van der Waals surface area (Å²) in [5.41, 5.74) is 0. The van der Waals surface area contributed by atoms with Crippen molar-refractivity contribution in [3.05, 3.63) is 22.4 Å². The van der Waals surface area contributed by atoms with E-state index in [4.69, 9.17) is 0 Å². The number of carbonyl (C=O) groups is 2. The van der Waals surface area contributed by atoms with E-state index >= 15 is 0 Å². The summed E-state index contributed by atoms with van der Waals surface area (Å²) in [5.74, 6) is -0.150. The van der Waals surface area contributed by atoms with Gasteiger partial charge in [0.2, 0.25) is 5.91 Å². The topological polar surface area (TPSA) is 69.6 Å². The van der Waals surface area contributed by atoms with Crippen LogP contribution in [0.5, 0.6) is 0 Å². The number of β-amino-alcohol motifs (C(OH)–C–C–N with tert-alkyl or cyclic N) is 1. The zero-order valence-corrected chi connectivity index (χ0v) is 12.5. The molecule has 1 saturated heterocycles. The van der Waals surface area contributed by atoms with Gasteiger partial charge in [-0.05, 0) is 30.7 Å². The van der Waals surface area contributed by atoms with Crippen LogP contribution in [0.4, 0.5) is 0 Å². The van der Waals surface area contributed by atoms with Crippen LogP contribution in [-0.2, 0) is 4.79 Å². The van der Waals surface area contributed by atoms with Gasteiger partial charge in [0.25, 0.3) is 5.91 Å². The molecule has 1 fully saturated rings. The van der Waals surface area contributed by atoms with E-state index in [1.807, 2.05) is 12.3 Å². The molecule has 0 saturated carbocycles. The summed E-state index contributed by atoms with van der Waals surface area (Å²) in [6.45, 7) is 4.64. The summed E-state index contributed by atoms with van der Waals surface area (Å²) in [6.07, 6.45) is 0.311. The number of aliphatic hydroxyl groups is 1. The van der Waals surface area contributed by atoms with E-state index in [9.17, 15) is 14.7 Å². The minimum absolute atomic E-state index is 0.138. The quantitative estimate of drug-likeness (QED) is 0.877. The zero-order valence-electron chi connectivity index (χ0n) is 11.7. The van der Waals surface area contributed by atoms with Crippen molar-refractivity contribution in [3.8, 4) is 0 Å². The average molecular weight is 296 g/mol. The number of hydrogen-bond donors (Lipinski definition) is 2. The third kappa shape index (κ3) is 3.37. The fourth-order valence-electron chi connectivity index (χ4n) is 2.26. The van der Waals surface area contributed by atoms with E-state index in [1.54, 1.807) is 24.0 Å². The molecule has 3 atom stereocenters. The van der Waals surface area contributed by atoms with Crippen LogP contribution < -0.4 is 5.32 Å². The summed E-state index contributed by atoms with van der Waals surface area (Å²) < 4.78 is 0. The molecule has 20 heavy (non-hydrogen) atoms. The van der Waals surface area contributed by atoms with Crippen molar-refractivity contribution in [3.63, 3.8) is 0 Å². The zero-order chi connectivity index (χ0) is 14.7. The largest absolute Gasteiger partial charge is 0.391 e. The highest BCUT2D eigenvalue weighted by atomic mass is 32.1. The van der Waals surface area contributed by atoms with Crippen molar-refractivity contribution in [1.82, 2.24) is 10.2 Å². The molecule has 0 bridgehead atoms. The second-order valence-corrected chi connectivity index (χ2v) is 6.24. The molecule has 2 N–H and O–H groups in total. The standard InChI is InChI=1S/C14H20N2O3S/c1-9-5-6-16(8-11(9)17)14(19)10(2)15-13(18)12-4-3-7-20-12/h3-4,7,9-11,17H,5-6,8H2,1-2H3,(H,15,18). The highest BCUT2D eigenvalue weighted by Crippen LogP contribution is 2.17. The number of aliphatic hydroxyl groups excluding tert-OH is 1. The molecule has 2 amide bonds. The number of likely N-dealkylation sites (tertiary alicyclic amines) is 1. The Morgan fingerprint density at radius 3 is 2.90 bits per heavy atom. The molecule has 3 unspecified atom stereocenters. The van der Waals surface area contributed by atoms with E-state index in [0.717, 1.165) is 6.42 Å². The van der Waals surface area contributed by atoms with E-state index in [-0.39, 0.29) is 17.7 Å². The van der Waals surface area contributed by atoms with Crippen LogP contribution in [0, 0.1) is 5.92 Å². The predicted molar refractivity (Wildman–Crippen MR) is 77.6 cm³/mol. The first-order valence-electron chi connectivity index (χ1n) is 6.80. The second-order valence-electron chi connectivity index (χ2n) is 5.29. The van der Waals surface area contributed by atoms with Crippen LogP contribution in [-0.4, -0.2) is 47.1 Å². The molecular formula is C14H20N2O3S. The van der Waals surface area contributed by atoms with Crippen molar-refractivity contribution in [2.24, 2.45) is 5.92 Å². The van der Waals surface area contributed by atoms with E-state index < -0.39 is 12.1 Å². The lowest BCUT2D eigenvalue weighted by atomic mass is 9.95. The van der Waals surface area contributed by atoms with Crippen molar-refractivity contribution >= 4 is 23.2 Å². The second kappa shape index (κ2) is 6.37. The number of nitrogens with one attached hydrogen (secondary N) is 1. The molecule has 1 aliphatic heterocycles. The van der Waals surface area contributed by atoms with E-state index in [1.165, 1.54) is 11.3 Å². The van der Waals surface area contributed by atoms with E-state index in [0.29, 0.717) is 18.0 Å². The van der Waals surface area contributed by atoms with Crippen LogP contribution >= 0.6 is 11.3 Å².